The number of nitrogen functional groups attached to an aromatic ring is 1. The van der Waals surface area contributed by atoms with Crippen LogP contribution in [0.4, 0.5) is 5.69 Å². The number of benzene rings is 2. The number of anilines is 1. The van der Waals surface area contributed by atoms with E-state index < -0.39 is 0 Å². The molecule has 0 saturated heterocycles. The van der Waals surface area contributed by atoms with Crippen LogP contribution in [0.25, 0.3) is 22.4 Å². The van der Waals surface area contributed by atoms with Crippen molar-refractivity contribution in [1.82, 2.24) is 9.55 Å². The van der Waals surface area contributed by atoms with Crippen molar-refractivity contribution in [2.45, 2.75) is 18.9 Å². The fourth-order valence-electron chi connectivity index (χ4n) is 2.72. The van der Waals surface area contributed by atoms with Crippen molar-refractivity contribution in [2.75, 3.05) is 5.73 Å². The number of imidazole rings is 1. The lowest BCUT2D eigenvalue weighted by atomic mass is 10.1. The Balaban J connectivity index is 2.07. The van der Waals surface area contributed by atoms with E-state index in [-0.39, 0.29) is 0 Å². The van der Waals surface area contributed by atoms with E-state index in [2.05, 4.69) is 4.57 Å². The van der Waals surface area contributed by atoms with Crippen LogP contribution >= 0.6 is 23.2 Å². The number of fused-ring (bicyclic) bond motifs is 1. The maximum Gasteiger partial charge on any atom is 0.143 e. The summed E-state index contributed by atoms with van der Waals surface area (Å²) in [6.45, 7) is 0. The Morgan fingerprint density at radius 1 is 1.05 bits per heavy atom. The third-order valence-electron chi connectivity index (χ3n) is 3.87. The summed E-state index contributed by atoms with van der Waals surface area (Å²) in [5.41, 5.74) is 9.45. The predicted molar refractivity (Wildman–Crippen MR) is 87.9 cm³/mol. The van der Waals surface area contributed by atoms with Gasteiger partial charge in [-0.2, -0.15) is 0 Å². The van der Waals surface area contributed by atoms with E-state index in [1.54, 1.807) is 6.07 Å². The maximum absolute atomic E-state index is 6.39. The first-order valence-corrected chi connectivity index (χ1v) is 7.63. The van der Waals surface area contributed by atoms with Gasteiger partial charge in [0.15, 0.2) is 0 Å². The second-order valence-electron chi connectivity index (χ2n) is 5.35. The van der Waals surface area contributed by atoms with Crippen molar-refractivity contribution < 1.29 is 0 Å². The molecule has 0 spiro atoms. The molecule has 3 aromatic rings. The number of nitrogens with zero attached hydrogens (tertiary/aromatic N) is 2. The summed E-state index contributed by atoms with van der Waals surface area (Å²) in [7, 11) is 0. The number of rotatable bonds is 2. The predicted octanol–water partition coefficient (Wildman–Crippen LogP) is 4.93. The second kappa shape index (κ2) is 4.65. The first kappa shape index (κ1) is 13.0. The van der Waals surface area contributed by atoms with Crippen molar-refractivity contribution in [3.63, 3.8) is 0 Å². The number of hydrogen-bond acceptors (Lipinski definition) is 2. The van der Waals surface area contributed by atoms with E-state index in [9.17, 15) is 0 Å². The summed E-state index contributed by atoms with van der Waals surface area (Å²) < 4.78 is 2.21. The molecule has 1 saturated carbocycles. The summed E-state index contributed by atoms with van der Waals surface area (Å²) in [4.78, 5) is 4.75. The standard InChI is InChI=1S/C16H13Cl2N3/c17-11-4-1-3-10(14(11)19)16-20-13-6-2-5-12(18)15(13)21(16)9-7-8-9/h1-6,9H,7-8,19H2. The highest BCUT2D eigenvalue weighted by Gasteiger charge is 2.30. The van der Waals surface area contributed by atoms with E-state index in [4.69, 9.17) is 33.9 Å². The third kappa shape index (κ3) is 2.00. The summed E-state index contributed by atoms with van der Waals surface area (Å²) in [5.74, 6) is 0.848. The highest BCUT2D eigenvalue weighted by molar-refractivity contribution is 6.35. The van der Waals surface area contributed by atoms with Gasteiger partial charge < -0.3 is 10.3 Å². The summed E-state index contributed by atoms with van der Waals surface area (Å²) in [5, 5.41) is 1.27. The Kier molecular flexibility index (Phi) is 2.88. The molecule has 0 atom stereocenters. The fourth-order valence-corrected chi connectivity index (χ4v) is 3.15. The van der Waals surface area contributed by atoms with Gasteiger partial charge in [0, 0.05) is 11.6 Å². The van der Waals surface area contributed by atoms with E-state index in [1.165, 1.54) is 0 Å². The zero-order chi connectivity index (χ0) is 14.6. The molecule has 1 aliphatic rings. The smallest absolute Gasteiger partial charge is 0.143 e. The van der Waals surface area contributed by atoms with E-state index in [0.717, 1.165) is 40.3 Å². The molecule has 1 aliphatic carbocycles. The van der Waals surface area contributed by atoms with Crippen LogP contribution in [0.1, 0.15) is 18.9 Å². The zero-order valence-electron chi connectivity index (χ0n) is 11.2. The summed E-state index contributed by atoms with van der Waals surface area (Å²) in [6.07, 6.45) is 2.29. The van der Waals surface area contributed by atoms with Crippen LogP contribution in [0.3, 0.4) is 0 Å². The largest absolute Gasteiger partial charge is 0.397 e. The van der Waals surface area contributed by atoms with Gasteiger partial charge in [0.1, 0.15) is 5.82 Å². The fraction of sp³-hybridized carbons (Fsp3) is 0.188. The molecule has 1 aromatic heterocycles. The minimum absolute atomic E-state index is 0.447. The van der Waals surface area contributed by atoms with Crippen molar-refractivity contribution in [3.8, 4) is 11.4 Å². The van der Waals surface area contributed by atoms with Gasteiger partial charge in [0.2, 0.25) is 0 Å². The van der Waals surface area contributed by atoms with Crippen molar-refractivity contribution in [2.24, 2.45) is 0 Å². The van der Waals surface area contributed by atoms with Gasteiger partial charge in [-0.1, -0.05) is 35.3 Å². The minimum atomic E-state index is 0.447. The number of hydrogen-bond donors (Lipinski definition) is 1. The Hall–Kier alpha value is -1.71. The Bertz CT molecular complexity index is 850. The van der Waals surface area contributed by atoms with Gasteiger partial charge in [0.05, 0.1) is 26.8 Å². The Morgan fingerprint density at radius 3 is 2.52 bits per heavy atom. The number of halogens is 2. The molecule has 106 valence electrons. The number of para-hydroxylation sites is 2. The molecule has 0 aliphatic heterocycles. The topological polar surface area (TPSA) is 43.8 Å². The number of nitrogens with two attached hydrogens (primary N) is 1. The maximum atomic E-state index is 6.39. The molecule has 3 nitrogen and oxygen atoms in total. The molecule has 4 rings (SSSR count). The second-order valence-corrected chi connectivity index (χ2v) is 6.16. The SMILES string of the molecule is Nc1c(Cl)cccc1-c1nc2cccc(Cl)c2n1C1CC1. The van der Waals surface area contributed by atoms with Gasteiger partial charge in [-0.05, 0) is 37.1 Å². The van der Waals surface area contributed by atoms with Crippen molar-refractivity contribution in [3.05, 3.63) is 46.4 Å². The Labute approximate surface area is 132 Å². The summed E-state index contributed by atoms with van der Waals surface area (Å²) >= 11 is 12.5. The lowest BCUT2D eigenvalue weighted by molar-refractivity contribution is 0.775. The van der Waals surface area contributed by atoms with Gasteiger partial charge in [-0.15, -0.1) is 0 Å². The lowest BCUT2D eigenvalue weighted by Gasteiger charge is -2.11. The van der Waals surface area contributed by atoms with Crippen LogP contribution in [0.2, 0.25) is 10.0 Å². The van der Waals surface area contributed by atoms with E-state index >= 15 is 0 Å². The van der Waals surface area contributed by atoms with Crippen LogP contribution < -0.4 is 5.73 Å². The lowest BCUT2D eigenvalue weighted by Crippen LogP contribution is -2.00. The first-order valence-electron chi connectivity index (χ1n) is 6.87. The highest BCUT2D eigenvalue weighted by Crippen LogP contribution is 2.44. The van der Waals surface area contributed by atoms with Gasteiger partial charge in [-0.25, -0.2) is 4.98 Å². The quantitative estimate of drug-likeness (QED) is 0.681. The average molecular weight is 318 g/mol. The molecule has 21 heavy (non-hydrogen) atoms. The molecule has 1 heterocycles. The van der Waals surface area contributed by atoms with Gasteiger partial charge in [-0.3, -0.25) is 0 Å². The van der Waals surface area contributed by atoms with E-state index in [0.29, 0.717) is 16.8 Å². The van der Waals surface area contributed by atoms with Crippen LogP contribution in [-0.4, -0.2) is 9.55 Å². The van der Waals surface area contributed by atoms with Crippen LogP contribution in [0.15, 0.2) is 36.4 Å². The molecule has 0 bridgehead atoms. The highest BCUT2D eigenvalue weighted by atomic mass is 35.5. The summed E-state index contributed by atoms with van der Waals surface area (Å²) in [6, 6.07) is 11.9. The molecule has 5 heteroatoms. The first-order chi connectivity index (χ1) is 10.2. The van der Waals surface area contributed by atoms with Gasteiger partial charge in [0.25, 0.3) is 0 Å². The van der Waals surface area contributed by atoms with Crippen molar-refractivity contribution in [1.29, 1.82) is 0 Å². The molecule has 2 N–H and O–H groups in total. The normalized spacial score (nSPS) is 14.8. The van der Waals surface area contributed by atoms with Crippen molar-refractivity contribution >= 4 is 39.9 Å². The van der Waals surface area contributed by atoms with Crippen LogP contribution in [0, 0.1) is 0 Å². The van der Waals surface area contributed by atoms with Crippen LogP contribution in [0.5, 0.6) is 0 Å². The molecule has 1 fully saturated rings. The molecule has 0 unspecified atom stereocenters. The number of aromatic nitrogens is 2. The Morgan fingerprint density at radius 2 is 1.76 bits per heavy atom. The molecule has 2 aromatic carbocycles. The molecule has 0 amide bonds. The van der Waals surface area contributed by atoms with E-state index in [1.807, 2.05) is 30.3 Å². The molecule has 0 radical (unpaired) electrons. The minimum Gasteiger partial charge on any atom is -0.397 e. The molecular formula is C16H13Cl2N3. The molecular weight excluding hydrogens is 305 g/mol. The monoisotopic (exact) mass is 317 g/mol. The third-order valence-corrected chi connectivity index (χ3v) is 4.50. The van der Waals surface area contributed by atoms with Crippen LogP contribution in [-0.2, 0) is 0 Å². The van der Waals surface area contributed by atoms with Gasteiger partial charge >= 0.3 is 0 Å². The average Bonchev–Trinajstić information content (AvgIpc) is 3.23. The zero-order valence-corrected chi connectivity index (χ0v) is 12.7.